The van der Waals surface area contributed by atoms with Crippen molar-refractivity contribution in [3.05, 3.63) is 12.3 Å². The molecule has 0 radical (unpaired) electrons. The van der Waals surface area contributed by atoms with Crippen LogP contribution in [-0.4, -0.2) is 28.1 Å². The van der Waals surface area contributed by atoms with Crippen LogP contribution < -0.4 is 0 Å². The Hall–Kier alpha value is -1.10. The van der Waals surface area contributed by atoms with E-state index in [4.69, 9.17) is 0 Å². The predicted molar refractivity (Wildman–Crippen MR) is 44.4 cm³/mol. The lowest BCUT2D eigenvalue weighted by Gasteiger charge is -2.22. The molecule has 0 bridgehead atoms. The molecule has 0 unspecified atom stereocenters. The lowest BCUT2D eigenvalue weighted by Crippen LogP contribution is -2.30. The Morgan fingerprint density at radius 2 is 2.55 bits per heavy atom. The van der Waals surface area contributed by atoms with Gasteiger partial charge in [0.2, 0.25) is 5.12 Å². The summed E-state index contributed by atoms with van der Waals surface area (Å²) in [5, 5.41) is 6.18. The van der Waals surface area contributed by atoms with Gasteiger partial charge in [0, 0.05) is 6.20 Å². The molecule has 0 spiro atoms. The lowest BCUT2D eigenvalue weighted by atomic mass is 10.5. The number of rotatable bonds is 0. The second-order valence-corrected chi connectivity index (χ2v) is 3.02. The number of nitrogens with zero attached hydrogens (tertiary/aromatic N) is 3. The van der Waals surface area contributed by atoms with E-state index in [2.05, 4.69) is 10.1 Å². The summed E-state index contributed by atoms with van der Waals surface area (Å²) in [7, 11) is 0. The summed E-state index contributed by atoms with van der Waals surface area (Å²) in [5.74, 6) is 0. The predicted octanol–water partition coefficient (Wildman–Crippen LogP) is 0.431. The molecule has 0 saturated carbocycles. The van der Waals surface area contributed by atoms with Gasteiger partial charge in [0.1, 0.15) is 6.21 Å². The maximum atomic E-state index is 10.8. The second-order valence-electron chi connectivity index (χ2n) is 2.04. The van der Waals surface area contributed by atoms with Gasteiger partial charge in [0.15, 0.2) is 5.17 Å². The average molecular weight is 167 g/mol. The maximum absolute atomic E-state index is 10.8. The Labute approximate surface area is 67.7 Å². The Morgan fingerprint density at radius 1 is 1.64 bits per heavy atom. The highest BCUT2D eigenvalue weighted by Crippen LogP contribution is 2.16. The molecule has 11 heavy (non-hydrogen) atoms. The van der Waals surface area contributed by atoms with Gasteiger partial charge in [0.25, 0.3) is 0 Å². The third kappa shape index (κ3) is 1.19. The van der Waals surface area contributed by atoms with Crippen molar-refractivity contribution in [3.8, 4) is 0 Å². The van der Waals surface area contributed by atoms with Crippen molar-refractivity contribution in [3.63, 3.8) is 0 Å². The largest absolute Gasteiger partial charge is 0.280 e. The maximum Gasteiger partial charge on any atom is 0.239 e. The van der Waals surface area contributed by atoms with Crippen molar-refractivity contribution in [2.24, 2.45) is 10.1 Å². The zero-order chi connectivity index (χ0) is 7.68. The Kier molecular flexibility index (Phi) is 1.50. The highest BCUT2D eigenvalue weighted by molar-refractivity contribution is 8.27. The first kappa shape index (κ1) is 6.60. The molecule has 2 rings (SSSR count). The number of carbonyl (C=O) groups excluding carboxylic acids is 1. The van der Waals surface area contributed by atoms with E-state index in [0.29, 0.717) is 11.7 Å². The number of hydrogen-bond acceptors (Lipinski definition) is 5. The summed E-state index contributed by atoms with van der Waals surface area (Å²) >= 11 is 1.11. The van der Waals surface area contributed by atoms with Gasteiger partial charge in [-0.1, -0.05) is 0 Å². The fourth-order valence-corrected chi connectivity index (χ4v) is 1.44. The topological polar surface area (TPSA) is 45.0 Å². The third-order valence-corrected chi connectivity index (χ3v) is 2.09. The van der Waals surface area contributed by atoms with Crippen LogP contribution in [0.1, 0.15) is 0 Å². The van der Waals surface area contributed by atoms with Gasteiger partial charge in [-0.3, -0.25) is 4.79 Å². The van der Waals surface area contributed by atoms with Crippen LogP contribution in [0.3, 0.4) is 0 Å². The SMILES string of the molecule is O=C1C=NN2CC=CN=C2S1. The smallest absolute Gasteiger partial charge is 0.239 e. The van der Waals surface area contributed by atoms with Crippen molar-refractivity contribution in [1.29, 1.82) is 0 Å². The van der Waals surface area contributed by atoms with Gasteiger partial charge in [-0.05, 0) is 17.8 Å². The van der Waals surface area contributed by atoms with E-state index in [9.17, 15) is 4.79 Å². The molecule has 2 aliphatic heterocycles. The second kappa shape index (κ2) is 2.50. The summed E-state index contributed by atoms with van der Waals surface area (Å²) in [6.45, 7) is 0.704. The normalized spacial score (nSPS) is 21.6. The molecule has 2 heterocycles. The Morgan fingerprint density at radius 3 is 3.45 bits per heavy atom. The molecule has 0 saturated heterocycles. The van der Waals surface area contributed by atoms with Crippen molar-refractivity contribution in [1.82, 2.24) is 5.01 Å². The highest BCUT2D eigenvalue weighted by atomic mass is 32.2. The molecule has 56 valence electrons. The van der Waals surface area contributed by atoms with Gasteiger partial charge in [-0.15, -0.1) is 0 Å². The number of carbonyl (C=O) groups is 1. The number of hydrogen-bond donors (Lipinski definition) is 0. The van der Waals surface area contributed by atoms with Crippen LogP contribution in [-0.2, 0) is 4.79 Å². The van der Waals surface area contributed by atoms with Gasteiger partial charge >= 0.3 is 0 Å². The number of hydrazone groups is 1. The molecule has 4 nitrogen and oxygen atoms in total. The molecule has 0 atom stereocenters. The van der Waals surface area contributed by atoms with Crippen molar-refractivity contribution < 1.29 is 4.79 Å². The fourth-order valence-electron chi connectivity index (χ4n) is 0.817. The van der Waals surface area contributed by atoms with Crippen LogP contribution in [0.25, 0.3) is 0 Å². The lowest BCUT2D eigenvalue weighted by molar-refractivity contribution is -0.105. The van der Waals surface area contributed by atoms with Crippen molar-refractivity contribution in [2.75, 3.05) is 6.54 Å². The zero-order valence-electron chi connectivity index (χ0n) is 5.60. The van der Waals surface area contributed by atoms with E-state index in [-0.39, 0.29) is 5.12 Å². The Balaban J connectivity index is 2.31. The quantitative estimate of drug-likeness (QED) is 0.525. The molecule has 5 heteroatoms. The van der Waals surface area contributed by atoms with Crippen LogP contribution in [0, 0.1) is 0 Å². The van der Waals surface area contributed by atoms with Crippen molar-refractivity contribution in [2.45, 2.75) is 0 Å². The van der Waals surface area contributed by atoms with Crippen LogP contribution >= 0.6 is 11.8 Å². The first-order valence-corrected chi connectivity index (χ1v) is 3.94. The molecule has 0 aromatic rings. The monoisotopic (exact) mass is 167 g/mol. The third-order valence-electron chi connectivity index (χ3n) is 1.28. The minimum absolute atomic E-state index is 0.0599. The molecule has 0 aromatic carbocycles. The van der Waals surface area contributed by atoms with Crippen LogP contribution in [0.4, 0.5) is 0 Å². The van der Waals surface area contributed by atoms with E-state index in [0.717, 1.165) is 11.8 Å². The van der Waals surface area contributed by atoms with Gasteiger partial charge < -0.3 is 0 Å². The van der Waals surface area contributed by atoms with Gasteiger partial charge in [-0.25, -0.2) is 10.0 Å². The van der Waals surface area contributed by atoms with Gasteiger partial charge in [-0.2, -0.15) is 5.10 Å². The van der Waals surface area contributed by atoms with E-state index in [1.165, 1.54) is 6.21 Å². The van der Waals surface area contributed by atoms with Crippen molar-refractivity contribution >= 4 is 28.3 Å². The summed E-state index contributed by atoms with van der Waals surface area (Å²) in [5.41, 5.74) is 0. The molecule has 0 aromatic heterocycles. The first-order valence-electron chi connectivity index (χ1n) is 3.12. The van der Waals surface area contributed by atoms with Crippen LogP contribution in [0.2, 0.25) is 0 Å². The van der Waals surface area contributed by atoms with E-state index >= 15 is 0 Å². The summed E-state index contributed by atoms with van der Waals surface area (Å²) in [6, 6.07) is 0. The van der Waals surface area contributed by atoms with E-state index < -0.39 is 0 Å². The zero-order valence-corrected chi connectivity index (χ0v) is 6.41. The fraction of sp³-hybridized carbons (Fsp3) is 0.167. The standard InChI is InChI=1S/C6H5N3OS/c10-5-4-8-9-3-1-2-7-6(9)11-5/h1-2,4H,3H2. The Bertz CT molecular complexity index is 282. The molecule has 0 N–H and O–H groups in total. The highest BCUT2D eigenvalue weighted by Gasteiger charge is 2.19. The van der Waals surface area contributed by atoms with Crippen LogP contribution in [0.5, 0.6) is 0 Å². The summed E-state index contributed by atoms with van der Waals surface area (Å²) < 4.78 is 0. The number of aliphatic imine (C=N–C) groups is 1. The molecular formula is C6H5N3OS. The minimum atomic E-state index is -0.0599. The molecule has 2 aliphatic rings. The molecule has 0 fully saturated rings. The molecule has 0 amide bonds. The molecule has 0 aliphatic carbocycles. The average Bonchev–Trinajstić information content (AvgIpc) is 2.04. The van der Waals surface area contributed by atoms with Gasteiger partial charge in [0.05, 0.1) is 6.54 Å². The summed E-state index contributed by atoms with van der Waals surface area (Å²) in [6.07, 6.45) is 4.88. The number of thioether (sulfide) groups is 1. The number of amidine groups is 1. The van der Waals surface area contributed by atoms with Crippen LogP contribution in [0.15, 0.2) is 22.4 Å². The molecular weight excluding hydrogens is 162 g/mol. The number of fused-ring (bicyclic) bond motifs is 1. The summed E-state index contributed by atoms with van der Waals surface area (Å²) in [4.78, 5) is 14.8. The first-order chi connectivity index (χ1) is 5.36. The van der Waals surface area contributed by atoms with E-state index in [1.807, 2.05) is 6.08 Å². The van der Waals surface area contributed by atoms with E-state index in [1.54, 1.807) is 11.2 Å². The minimum Gasteiger partial charge on any atom is -0.280 e.